The summed E-state index contributed by atoms with van der Waals surface area (Å²) < 4.78 is 10.2. The van der Waals surface area contributed by atoms with E-state index in [4.69, 9.17) is 9.37 Å². The maximum absolute atomic E-state index is 12.6. The van der Waals surface area contributed by atoms with Crippen molar-refractivity contribution >= 4 is 12.0 Å². The number of piperidine rings is 1. The standard InChI is InChI=1S/C13H15N3O3/c17-13(16-5-1-2-12-11(16)7-18-12)8-3-4-9-10(6-8)15-19-14-9/h6,11-12H,1-5,7H2. The highest BCUT2D eigenvalue weighted by Crippen LogP contribution is 2.31. The van der Waals surface area contributed by atoms with E-state index >= 15 is 0 Å². The van der Waals surface area contributed by atoms with Crippen LogP contribution in [0.15, 0.2) is 10.2 Å². The van der Waals surface area contributed by atoms with Gasteiger partial charge in [-0.2, -0.15) is 0 Å². The Morgan fingerprint density at radius 3 is 3.16 bits per heavy atom. The largest absolute Gasteiger partial charge is 0.374 e. The Hall–Kier alpha value is -1.69. The highest BCUT2D eigenvalue weighted by Gasteiger charge is 2.42. The van der Waals surface area contributed by atoms with Gasteiger partial charge in [0, 0.05) is 12.1 Å². The zero-order valence-corrected chi connectivity index (χ0v) is 10.5. The van der Waals surface area contributed by atoms with Crippen LogP contribution >= 0.6 is 0 Å². The van der Waals surface area contributed by atoms with Gasteiger partial charge in [0.25, 0.3) is 0 Å². The quantitative estimate of drug-likeness (QED) is 0.747. The van der Waals surface area contributed by atoms with Crippen LogP contribution in [0.5, 0.6) is 0 Å². The van der Waals surface area contributed by atoms with E-state index in [2.05, 4.69) is 10.3 Å². The fraction of sp³-hybridized carbons (Fsp3) is 0.615. The molecule has 1 aromatic heterocycles. The molecule has 1 aliphatic carbocycles. The van der Waals surface area contributed by atoms with E-state index in [1.807, 2.05) is 11.0 Å². The average molecular weight is 261 g/mol. The van der Waals surface area contributed by atoms with Gasteiger partial charge in [-0.3, -0.25) is 4.79 Å². The van der Waals surface area contributed by atoms with Crippen LogP contribution in [0.25, 0.3) is 6.08 Å². The number of aryl methyl sites for hydroxylation is 1. The highest BCUT2D eigenvalue weighted by atomic mass is 16.6. The second kappa shape index (κ2) is 4.16. The first-order chi connectivity index (χ1) is 9.33. The second-order valence-corrected chi connectivity index (χ2v) is 5.35. The summed E-state index contributed by atoms with van der Waals surface area (Å²) >= 11 is 0. The van der Waals surface area contributed by atoms with Gasteiger partial charge in [-0.1, -0.05) is 10.3 Å². The molecule has 3 heterocycles. The normalized spacial score (nSPS) is 29.1. The molecule has 100 valence electrons. The topological polar surface area (TPSA) is 68.5 Å². The van der Waals surface area contributed by atoms with Gasteiger partial charge in [-0.15, -0.1) is 0 Å². The molecule has 2 saturated heterocycles. The van der Waals surface area contributed by atoms with Crippen molar-refractivity contribution in [1.82, 2.24) is 15.2 Å². The molecule has 0 spiro atoms. The van der Waals surface area contributed by atoms with E-state index in [1.165, 1.54) is 0 Å². The number of nitrogens with zero attached hydrogens (tertiary/aromatic N) is 3. The smallest absolute Gasteiger partial charge is 0.250 e. The fourth-order valence-electron chi connectivity index (χ4n) is 3.11. The van der Waals surface area contributed by atoms with Crippen molar-refractivity contribution in [1.29, 1.82) is 0 Å². The predicted octanol–water partition coefficient (Wildman–Crippen LogP) is 0.789. The number of carbonyl (C=O) groups is 1. The Labute approximate surface area is 110 Å². The van der Waals surface area contributed by atoms with Crippen LogP contribution in [0.1, 0.15) is 30.7 Å². The molecule has 2 aliphatic heterocycles. The van der Waals surface area contributed by atoms with Gasteiger partial charge in [0.2, 0.25) is 5.91 Å². The lowest BCUT2D eigenvalue weighted by Gasteiger charge is -2.48. The maximum atomic E-state index is 12.6. The highest BCUT2D eigenvalue weighted by molar-refractivity contribution is 5.98. The minimum absolute atomic E-state index is 0.131. The molecule has 2 unspecified atom stereocenters. The average Bonchev–Trinajstić information content (AvgIpc) is 2.86. The van der Waals surface area contributed by atoms with Crippen molar-refractivity contribution in [2.45, 2.75) is 37.8 Å². The SMILES string of the molecule is O=C(C1=Cc2nonc2CC1)N1CCCC2OCC21. The van der Waals surface area contributed by atoms with E-state index < -0.39 is 0 Å². The third kappa shape index (κ3) is 1.70. The Morgan fingerprint density at radius 2 is 2.32 bits per heavy atom. The molecule has 6 nitrogen and oxygen atoms in total. The lowest BCUT2D eigenvalue weighted by molar-refractivity contribution is -0.170. The van der Waals surface area contributed by atoms with Crippen LogP contribution in [-0.2, 0) is 16.0 Å². The zero-order chi connectivity index (χ0) is 12.8. The van der Waals surface area contributed by atoms with E-state index in [1.54, 1.807) is 0 Å². The van der Waals surface area contributed by atoms with Gasteiger partial charge in [-0.25, -0.2) is 4.63 Å². The molecule has 4 rings (SSSR count). The Balaban J connectivity index is 1.58. The van der Waals surface area contributed by atoms with E-state index in [9.17, 15) is 4.79 Å². The van der Waals surface area contributed by atoms with Crippen molar-refractivity contribution in [3.8, 4) is 0 Å². The van der Waals surface area contributed by atoms with Crippen LogP contribution < -0.4 is 0 Å². The lowest BCUT2D eigenvalue weighted by atomic mass is 9.92. The molecular weight excluding hydrogens is 246 g/mol. The summed E-state index contributed by atoms with van der Waals surface area (Å²) in [6.45, 7) is 1.52. The van der Waals surface area contributed by atoms with Gasteiger partial charge in [-0.05, 0) is 31.8 Å². The molecule has 1 amide bonds. The second-order valence-electron chi connectivity index (χ2n) is 5.35. The van der Waals surface area contributed by atoms with Crippen LogP contribution in [0.2, 0.25) is 0 Å². The number of hydrogen-bond donors (Lipinski definition) is 0. The van der Waals surface area contributed by atoms with E-state index in [-0.39, 0.29) is 18.1 Å². The Kier molecular flexibility index (Phi) is 2.44. The number of ether oxygens (including phenoxy) is 1. The zero-order valence-electron chi connectivity index (χ0n) is 10.5. The third-order valence-electron chi connectivity index (χ3n) is 4.26. The van der Waals surface area contributed by atoms with Gasteiger partial charge in [0.1, 0.15) is 11.4 Å². The number of hydrogen-bond acceptors (Lipinski definition) is 5. The molecule has 0 bridgehead atoms. The van der Waals surface area contributed by atoms with E-state index in [0.29, 0.717) is 12.3 Å². The van der Waals surface area contributed by atoms with Crippen LogP contribution in [0, 0.1) is 0 Å². The van der Waals surface area contributed by atoms with Crippen molar-refractivity contribution in [3.05, 3.63) is 17.0 Å². The number of rotatable bonds is 1. The number of amides is 1. The summed E-state index contributed by atoms with van der Waals surface area (Å²) in [6.07, 6.45) is 5.62. The summed E-state index contributed by atoms with van der Waals surface area (Å²) in [7, 11) is 0. The maximum Gasteiger partial charge on any atom is 0.250 e. The number of carbonyl (C=O) groups excluding carboxylic acids is 1. The van der Waals surface area contributed by atoms with Crippen molar-refractivity contribution < 1.29 is 14.2 Å². The first-order valence-electron chi connectivity index (χ1n) is 6.77. The first kappa shape index (κ1) is 11.2. The molecule has 19 heavy (non-hydrogen) atoms. The summed E-state index contributed by atoms with van der Waals surface area (Å²) in [5.74, 6) is 0.131. The number of fused-ring (bicyclic) bond motifs is 2. The molecule has 0 radical (unpaired) electrons. The third-order valence-corrected chi connectivity index (χ3v) is 4.26. The van der Waals surface area contributed by atoms with Gasteiger partial charge < -0.3 is 9.64 Å². The van der Waals surface area contributed by atoms with Crippen LogP contribution in [0.3, 0.4) is 0 Å². The minimum atomic E-state index is 0.131. The van der Waals surface area contributed by atoms with Gasteiger partial charge >= 0.3 is 0 Å². The minimum Gasteiger partial charge on any atom is -0.374 e. The molecule has 6 heteroatoms. The van der Waals surface area contributed by atoms with Crippen molar-refractivity contribution in [2.75, 3.05) is 13.2 Å². The van der Waals surface area contributed by atoms with Crippen molar-refractivity contribution in [2.24, 2.45) is 0 Å². The number of aromatic nitrogens is 2. The molecule has 2 fully saturated rings. The Bertz CT molecular complexity index is 551. The molecule has 1 aromatic rings. The van der Waals surface area contributed by atoms with Crippen LogP contribution in [0.4, 0.5) is 0 Å². The summed E-state index contributed by atoms with van der Waals surface area (Å²) in [5.41, 5.74) is 2.36. The van der Waals surface area contributed by atoms with Crippen LogP contribution in [-0.4, -0.2) is 46.4 Å². The summed E-state index contributed by atoms with van der Waals surface area (Å²) in [6, 6.07) is 0.277. The molecular formula is C13H15N3O3. The molecule has 0 aromatic carbocycles. The number of likely N-dealkylation sites (tertiary alicyclic amines) is 1. The molecule has 0 N–H and O–H groups in total. The molecule has 2 atom stereocenters. The van der Waals surface area contributed by atoms with Gasteiger partial charge in [0.05, 0.1) is 18.8 Å². The predicted molar refractivity (Wildman–Crippen MR) is 65.1 cm³/mol. The fourth-order valence-corrected chi connectivity index (χ4v) is 3.11. The summed E-state index contributed by atoms with van der Waals surface area (Å²) in [4.78, 5) is 14.6. The monoisotopic (exact) mass is 261 g/mol. The molecule has 3 aliphatic rings. The van der Waals surface area contributed by atoms with Crippen molar-refractivity contribution in [3.63, 3.8) is 0 Å². The molecule has 0 saturated carbocycles. The lowest BCUT2D eigenvalue weighted by Crippen LogP contribution is -2.61. The van der Waals surface area contributed by atoms with Gasteiger partial charge in [0.15, 0.2) is 0 Å². The van der Waals surface area contributed by atoms with E-state index in [0.717, 1.165) is 43.5 Å². The Morgan fingerprint density at radius 1 is 1.37 bits per heavy atom. The summed E-state index contributed by atoms with van der Waals surface area (Å²) in [5, 5.41) is 7.65. The first-order valence-corrected chi connectivity index (χ1v) is 6.77.